The Bertz CT molecular complexity index is 468. The Balaban J connectivity index is 2.45. The largest absolute Gasteiger partial charge is 0.469 e. The standard InChI is InChI=1S/C17H28N2O3/c1-4-6-7-10-18-16(20)8-12-19(11-5-2)17(21)15-9-13-22-14(15)3/h9,13H,4-8,10-12H2,1-3H3,(H,18,20). The van der Waals surface area contributed by atoms with Gasteiger partial charge in [-0.1, -0.05) is 26.7 Å². The molecule has 0 spiro atoms. The Labute approximate surface area is 133 Å². The molecule has 1 aromatic heterocycles. The van der Waals surface area contributed by atoms with Gasteiger partial charge in [-0.3, -0.25) is 9.59 Å². The lowest BCUT2D eigenvalue weighted by molar-refractivity contribution is -0.121. The Kier molecular flexibility index (Phi) is 8.33. The third-order valence-corrected chi connectivity index (χ3v) is 3.58. The summed E-state index contributed by atoms with van der Waals surface area (Å²) in [6.07, 6.45) is 6.00. The molecule has 0 aromatic carbocycles. The highest BCUT2D eigenvalue weighted by Gasteiger charge is 2.19. The topological polar surface area (TPSA) is 62.6 Å². The quantitative estimate of drug-likeness (QED) is 0.675. The van der Waals surface area contributed by atoms with Gasteiger partial charge in [0.2, 0.25) is 5.91 Å². The molecule has 22 heavy (non-hydrogen) atoms. The van der Waals surface area contributed by atoms with Gasteiger partial charge in [-0.15, -0.1) is 0 Å². The number of hydrogen-bond acceptors (Lipinski definition) is 3. The molecule has 1 rings (SSSR count). The summed E-state index contributed by atoms with van der Waals surface area (Å²) in [6, 6.07) is 1.69. The van der Waals surface area contributed by atoms with E-state index in [0.717, 1.165) is 32.2 Å². The summed E-state index contributed by atoms with van der Waals surface area (Å²) in [5.74, 6) is 0.566. The summed E-state index contributed by atoms with van der Waals surface area (Å²) in [7, 11) is 0. The molecule has 0 aliphatic heterocycles. The minimum Gasteiger partial charge on any atom is -0.469 e. The normalized spacial score (nSPS) is 10.5. The fourth-order valence-corrected chi connectivity index (χ4v) is 2.29. The van der Waals surface area contributed by atoms with Crippen LogP contribution in [0.5, 0.6) is 0 Å². The lowest BCUT2D eigenvalue weighted by Crippen LogP contribution is -2.36. The van der Waals surface area contributed by atoms with E-state index in [9.17, 15) is 9.59 Å². The third-order valence-electron chi connectivity index (χ3n) is 3.58. The number of furan rings is 1. The average Bonchev–Trinajstić information content (AvgIpc) is 2.93. The van der Waals surface area contributed by atoms with Gasteiger partial charge in [0.15, 0.2) is 0 Å². The molecule has 0 radical (unpaired) electrons. The van der Waals surface area contributed by atoms with Crippen molar-refractivity contribution in [2.75, 3.05) is 19.6 Å². The first-order valence-electron chi connectivity index (χ1n) is 8.20. The number of aryl methyl sites for hydroxylation is 1. The second-order valence-electron chi connectivity index (χ2n) is 5.49. The maximum atomic E-state index is 12.5. The minimum absolute atomic E-state index is 0.00826. The highest BCUT2D eigenvalue weighted by molar-refractivity contribution is 5.95. The smallest absolute Gasteiger partial charge is 0.257 e. The van der Waals surface area contributed by atoms with E-state index in [1.165, 1.54) is 6.26 Å². The van der Waals surface area contributed by atoms with Crippen LogP contribution in [0, 0.1) is 6.92 Å². The van der Waals surface area contributed by atoms with Crippen molar-refractivity contribution >= 4 is 11.8 Å². The molecule has 2 amide bonds. The first-order valence-corrected chi connectivity index (χ1v) is 8.20. The summed E-state index contributed by atoms with van der Waals surface area (Å²) in [4.78, 5) is 26.0. The van der Waals surface area contributed by atoms with Gasteiger partial charge in [0.25, 0.3) is 5.91 Å². The maximum absolute atomic E-state index is 12.5. The third kappa shape index (κ3) is 5.92. The van der Waals surface area contributed by atoms with Crippen LogP contribution in [0.1, 0.15) is 62.1 Å². The number of nitrogens with zero attached hydrogens (tertiary/aromatic N) is 1. The van der Waals surface area contributed by atoms with Gasteiger partial charge in [0, 0.05) is 26.1 Å². The number of unbranched alkanes of at least 4 members (excludes halogenated alkanes) is 2. The van der Waals surface area contributed by atoms with E-state index in [-0.39, 0.29) is 11.8 Å². The van der Waals surface area contributed by atoms with Crippen LogP contribution in [0.2, 0.25) is 0 Å². The van der Waals surface area contributed by atoms with E-state index in [1.807, 2.05) is 6.92 Å². The summed E-state index contributed by atoms with van der Waals surface area (Å²) in [6.45, 7) is 7.73. The summed E-state index contributed by atoms with van der Waals surface area (Å²) in [5.41, 5.74) is 0.580. The van der Waals surface area contributed by atoms with Gasteiger partial charge in [0.05, 0.1) is 11.8 Å². The molecular weight excluding hydrogens is 280 g/mol. The van der Waals surface area contributed by atoms with E-state index in [1.54, 1.807) is 17.9 Å². The van der Waals surface area contributed by atoms with Crippen molar-refractivity contribution in [2.45, 2.75) is 52.9 Å². The Morgan fingerprint density at radius 3 is 2.55 bits per heavy atom. The van der Waals surface area contributed by atoms with Crippen LogP contribution in [-0.2, 0) is 4.79 Å². The second-order valence-corrected chi connectivity index (χ2v) is 5.49. The SMILES string of the molecule is CCCCCNC(=O)CCN(CCC)C(=O)c1ccoc1C. The first kappa shape index (κ1) is 18.3. The van der Waals surface area contributed by atoms with Gasteiger partial charge in [0.1, 0.15) is 5.76 Å². The van der Waals surface area contributed by atoms with Gasteiger partial charge in [-0.05, 0) is 25.8 Å². The van der Waals surface area contributed by atoms with E-state index in [2.05, 4.69) is 12.2 Å². The number of nitrogens with one attached hydrogen (secondary N) is 1. The monoisotopic (exact) mass is 308 g/mol. The van der Waals surface area contributed by atoms with Crippen LogP contribution in [0.4, 0.5) is 0 Å². The minimum atomic E-state index is -0.0631. The lowest BCUT2D eigenvalue weighted by atomic mass is 10.2. The molecule has 5 heteroatoms. The van der Waals surface area contributed by atoms with Crippen molar-refractivity contribution in [3.05, 3.63) is 23.7 Å². The van der Waals surface area contributed by atoms with Crippen molar-refractivity contribution in [1.82, 2.24) is 10.2 Å². The van der Waals surface area contributed by atoms with E-state index >= 15 is 0 Å². The first-order chi connectivity index (χ1) is 10.6. The van der Waals surface area contributed by atoms with Gasteiger partial charge < -0.3 is 14.6 Å². The zero-order valence-electron chi connectivity index (χ0n) is 14.0. The summed E-state index contributed by atoms with van der Waals surface area (Å²) in [5, 5.41) is 2.90. The molecule has 0 unspecified atom stereocenters. The van der Waals surface area contributed by atoms with Crippen molar-refractivity contribution < 1.29 is 14.0 Å². The molecule has 0 aliphatic rings. The van der Waals surface area contributed by atoms with E-state index in [4.69, 9.17) is 4.42 Å². The highest BCUT2D eigenvalue weighted by atomic mass is 16.3. The molecular formula is C17H28N2O3. The molecule has 0 atom stereocenters. The van der Waals surface area contributed by atoms with Crippen molar-refractivity contribution in [1.29, 1.82) is 0 Å². The molecule has 0 saturated carbocycles. The summed E-state index contributed by atoms with van der Waals surface area (Å²) < 4.78 is 5.19. The molecule has 0 fully saturated rings. The molecule has 1 N–H and O–H groups in total. The van der Waals surface area contributed by atoms with Crippen molar-refractivity contribution in [2.24, 2.45) is 0 Å². The average molecular weight is 308 g/mol. The van der Waals surface area contributed by atoms with E-state index < -0.39 is 0 Å². The molecule has 0 saturated heterocycles. The van der Waals surface area contributed by atoms with Crippen molar-refractivity contribution in [3.63, 3.8) is 0 Å². The number of carbonyl (C=O) groups is 2. The maximum Gasteiger partial charge on any atom is 0.257 e. The van der Waals surface area contributed by atoms with Crippen molar-refractivity contribution in [3.8, 4) is 0 Å². The number of carbonyl (C=O) groups excluding carboxylic acids is 2. The van der Waals surface area contributed by atoms with Crippen LogP contribution in [-0.4, -0.2) is 36.3 Å². The second kappa shape index (κ2) is 10.0. The number of rotatable bonds is 10. The lowest BCUT2D eigenvalue weighted by Gasteiger charge is -2.21. The molecule has 1 heterocycles. The van der Waals surface area contributed by atoms with Crippen LogP contribution >= 0.6 is 0 Å². The Morgan fingerprint density at radius 2 is 1.95 bits per heavy atom. The van der Waals surface area contributed by atoms with Crippen LogP contribution in [0.3, 0.4) is 0 Å². The van der Waals surface area contributed by atoms with Crippen LogP contribution < -0.4 is 5.32 Å². The zero-order chi connectivity index (χ0) is 16.4. The number of hydrogen-bond donors (Lipinski definition) is 1. The highest BCUT2D eigenvalue weighted by Crippen LogP contribution is 2.12. The van der Waals surface area contributed by atoms with Crippen LogP contribution in [0.15, 0.2) is 16.7 Å². The zero-order valence-corrected chi connectivity index (χ0v) is 14.0. The Morgan fingerprint density at radius 1 is 1.18 bits per heavy atom. The van der Waals surface area contributed by atoms with Gasteiger partial charge in [-0.2, -0.15) is 0 Å². The van der Waals surface area contributed by atoms with Gasteiger partial charge in [-0.25, -0.2) is 0 Å². The molecule has 0 aliphatic carbocycles. The summed E-state index contributed by atoms with van der Waals surface area (Å²) >= 11 is 0. The van der Waals surface area contributed by atoms with Gasteiger partial charge >= 0.3 is 0 Å². The Hall–Kier alpha value is -1.78. The van der Waals surface area contributed by atoms with Crippen LogP contribution in [0.25, 0.3) is 0 Å². The predicted molar refractivity (Wildman–Crippen MR) is 86.8 cm³/mol. The molecule has 0 bridgehead atoms. The molecule has 1 aromatic rings. The molecule has 5 nitrogen and oxygen atoms in total. The molecule has 124 valence electrons. The van der Waals surface area contributed by atoms with E-state index in [0.29, 0.717) is 30.8 Å². The number of amides is 2. The fourth-order valence-electron chi connectivity index (χ4n) is 2.29. The fraction of sp³-hybridized carbons (Fsp3) is 0.647. The predicted octanol–water partition coefficient (Wildman–Crippen LogP) is 3.14.